The van der Waals surface area contributed by atoms with Crippen molar-refractivity contribution < 1.29 is 4.79 Å². The Hall–Kier alpha value is -1.06. The molecule has 0 saturated carbocycles. The molecular weight excluding hydrogens is 260 g/mol. The zero-order chi connectivity index (χ0) is 12.4. The van der Waals surface area contributed by atoms with Crippen molar-refractivity contribution in [2.24, 2.45) is 11.8 Å². The number of nitrogens with one attached hydrogen (secondary N) is 1. The van der Waals surface area contributed by atoms with Gasteiger partial charge in [0.2, 0.25) is 5.91 Å². The van der Waals surface area contributed by atoms with Crippen LogP contribution in [-0.4, -0.2) is 37.0 Å². The molecule has 2 heterocycles. The fourth-order valence-electron chi connectivity index (χ4n) is 3.11. The minimum Gasteiger partial charge on any atom is -0.342 e. The predicted octanol–water partition coefficient (Wildman–Crippen LogP) is 1.72. The van der Waals surface area contributed by atoms with E-state index in [2.05, 4.69) is 22.3 Å². The van der Waals surface area contributed by atoms with E-state index < -0.39 is 0 Å². The quantitative estimate of drug-likeness (QED) is 0.914. The van der Waals surface area contributed by atoms with Gasteiger partial charge in [-0.3, -0.25) is 4.79 Å². The second-order valence-electron chi connectivity index (χ2n) is 5.46. The van der Waals surface area contributed by atoms with Gasteiger partial charge in [-0.05, 0) is 23.8 Å². The van der Waals surface area contributed by atoms with Crippen molar-refractivity contribution in [3.63, 3.8) is 0 Å². The van der Waals surface area contributed by atoms with Gasteiger partial charge in [0, 0.05) is 32.6 Å². The van der Waals surface area contributed by atoms with Crippen LogP contribution in [0.3, 0.4) is 0 Å². The van der Waals surface area contributed by atoms with Gasteiger partial charge >= 0.3 is 0 Å². The minimum atomic E-state index is 0. The van der Waals surface area contributed by atoms with Crippen LogP contribution in [0.25, 0.3) is 0 Å². The summed E-state index contributed by atoms with van der Waals surface area (Å²) in [5.41, 5.74) is 1.26. The largest absolute Gasteiger partial charge is 0.342 e. The zero-order valence-corrected chi connectivity index (χ0v) is 11.9. The highest BCUT2D eigenvalue weighted by atomic mass is 35.5. The highest BCUT2D eigenvalue weighted by molar-refractivity contribution is 5.85. The van der Waals surface area contributed by atoms with E-state index in [0.717, 1.165) is 32.6 Å². The molecule has 1 amide bonds. The molecule has 2 fully saturated rings. The smallest absolute Gasteiger partial charge is 0.222 e. The molecule has 3 nitrogen and oxygen atoms in total. The summed E-state index contributed by atoms with van der Waals surface area (Å²) in [5, 5.41) is 3.40. The third-order valence-electron chi connectivity index (χ3n) is 4.21. The molecule has 2 aliphatic rings. The lowest BCUT2D eigenvalue weighted by Gasteiger charge is -2.17. The van der Waals surface area contributed by atoms with Crippen molar-refractivity contribution in [2.45, 2.75) is 12.8 Å². The Morgan fingerprint density at radius 1 is 1.16 bits per heavy atom. The molecule has 1 aromatic rings. The molecule has 0 radical (unpaired) electrons. The molecule has 0 bridgehead atoms. The fraction of sp³-hybridized carbons (Fsp3) is 0.533. The van der Waals surface area contributed by atoms with E-state index in [0.29, 0.717) is 24.2 Å². The number of likely N-dealkylation sites (tertiary alicyclic amines) is 1. The Balaban J connectivity index is 0.00000133. The Kier molecular flexibility index (Phi) is 4.83. The summed E-state index contributed by atoms with van der Waals surface area (Å²) in [7, 11) is 0. The Morgan fingerprint density at radius 3 is 2.42 bits per heavy atom. The lowest BCUT2D eigenvalue weighted by molar-refractivity contribution is -0.130. The molecule has 0 aromatic heterocycles. The van der Waals surface area contributed by atoms with Crippen molar-refractivity contribution in [1.82, 2.24) is 10.2 Å². The first-order valence-electron chi connectivity index (χ1n) is 6.85. The number of carbonyl (C=O) groups is 1. The summed E-state index contributed by atoms with van der Waals surface area (Å²) in [6, 6.07) is 10.3. The number of aryl methyl sites for hydroxylation is 1. The van der Waals surface area contributed by atoms with Gasteiger partial charge in [-0.25, -0.2) is 0 Å². The number of carbonyl (C=O) groups excluding carboxylic acids is 1. The van der Waals surface area contributed by atoms with Gasteiger partial charge in [-0.2, -0.15) is 0 Å². The summed E-state index contributed by atoms with van der Waals surface area (Å²) in [5.74, 6) is 1.73. The molecule has 0 spiro atoms. The first kappa shape index (κ1) is 14.4. The number of rotatable bonds is 3. The normalized spacial score (nSPS) is 24.9. The van der Waals surface area contributed by atoms with Crippen molar-refractivity contribution in [3.8, 4) is 0 Å². The number of halogens is 1. The van der Waals surface area contributed by atoms with Crippen LogP contribution >= 0.6 is 12.4 Å². The van der Waals surface area contributed by atoms with Gasteiger partial charge in [0.15, 0.2) is 0 Å². The van der Waals surface area contributed by atoms with Crippen LogP contribution < -0.4 is 5.32 Å². The van der Waals surface area contributed by atoms with Gasteiger partial charge in [0.05, 0.1) is 0 Å². The first-order valence-corrected chi connectivity index (χ1v) is 6.85. The highest BCUT2D eigenvalue weighted by Crippen LogP contribution is 2.26. The van der Waals surface area contributed by atoms with E-state index in [1.165, 1.54) is 5.56 Å². The summed E-state index contributed by atoms with van der Waals surface area (Å²) >= 11 is 0. The maximum absolute atomic E-state index is 12.2. The summed E-state index contributed by atoms with van der Waals surface area (Å²) in [6.07, 6.45) is 1.51. The SMILES string of the molecule is Cl.O=C(CCc1ccccc1)N1C[C@H]2CNC[C@H]2C1. The van der Waals surface area contributed by atoms with Crippen LogP contribution in [0.2, 0.25) is 0 Å². The lowest BCUT2D eigenvalue weighted by atomic mass is 10.0. The minimum absolute atomic E-state index is 0. The van der Waals surface area contributed by atoms with E-state index in [4.69, 9.17) is 0 Å². The fourth-order valence-corrected chi connectivity index (χ4v) is 3.11. The maximum atomic E-state index is 12.2. The van der Waals surface area contributed by atoms with Gasteiger partial charge < -0.3 is 10.2 Å². The zero-order valence-electron chi connectivity index (χ0n) is 11.0. The molecule has 4 heteroatoms. The number of fused-ring (bicyclic) bond motifs is 1. The molecule has 104 valence electrons. The molecule has 2 aliphatic heterocycles. The van der Waals surface area contributed by atoms with Crippen molar-refractivity contribution in [2.75, 3.05) is 26.2 Å². The molecule has 0 aliphatic carbocycles. The van der Waals surface area contributed by atoms with Crippen molar-refractivity contribution >= 4 is 18.3 Å². The van der Waals surface area contributed by atoms with E-state index >= 15 is 0 Å². The third-order valence-corrected chi connectivity index (χ3v) is 4.21. The first-order chi connectivity index (χ1) is 8.83. The van der Waals surface area contributed by atoms with Gasteiger partial charge in [0.1, 0.15) is 0 Å². The molecule has 19 heavy (non-hydrogen) atoms. The van der Waals surface area contributed by atoms with Crippen LogP contribution in [0.1, 0.15) is 12.0 Å². The Bertz CT molecular complexity index is 411. The van der Waals surface area contributed by atoms with Crippen LogP contribution in [-0.2, 0) is 11.2 Å². The summed E-state index contributed by atoms with van der Waals surface area (Å²) < 4.78 is 0. The molecule has 1 N–H and O–H groups in total. The van der Waals surface area contributed by atoms with E-state index in [1.807, 2.05) is 18.2 Å². The molecule has 1 aromatic carbocycles. The van der Waals surface area contributed by atoms with Crippen molar-refractivity contribution in [3.05, 3.63) is 35.9 Å². The van der Waals surface area contributed by atoms with Crippen LogP contribution in [0.4, 0.5) is 0 Å². The van der Waals surface area contributed by atoms with Crippen LogP contribution in [0, 0.1) is 11.8 Å². The van der Waals surface area contributed by atoms with E-state index in [-0.39, 0.29) is 12.4 Å². The van der Waals surface area contributed by atoms with Crippen LogP contribution in [0.15, 0.2) is 30.3 Å². The molecule has 3 rings (SSSR count). The van der Waals surface area contributed by atoms with E-state index in [1.54, 1.807) is 0 Å². The van der Waals surface area contributed by atoms with Crippen molar-refractivity contribution in [1.29, 1.82) is 0 Å². The average Bonchev–Trinajstić information content (AvgIpc) is 2.98. The topological polar surface area (TPSA) is 32.3 Å². The highest BCUT2D eigenvalue weighted by Gasteiger charge is 2.37. The summed E-state index contributed by atoms with van der Waals surface area (Å²) in [4.78, 5) is 14.2. The Labute approximate surface area is 120 Å². The Morgan fingerprint density at radius 2 is 1.79 bits per heavy atom. The summed E-state index contributed by atoms with van der Waals surface area (Å²) in [6.45, 7) is 4.11. The molecule has 0 unspecified atom stereocenters. The number of amides is 1. The maximum Gasteiger partial charge on any atom is 0.222 e. The third kappa shape index (κ3) is 3.28. The lowest BCUT2D eigenvalue weighted by Crippen LogP contribution is -2.31. The molecule has 2 saturated heterocycles. The second-order valence-corrected chi connectivity index (χ2v) is 5.46. The molecule has 2 atom stereocenters. The van der Waals surface area contributed by atoms with Gasteiger partial charge in [0.25, 0.3) is 0 Å². The standard InChI is InChI=1S/C15H20N2O.ClH/c18-15(7-6-12-4-2-1-3-5-12)17-10-13-8-16-9-14(13)11-17;/h1-5,13-14,16H,6-11H2;1H/t13-,14+;. The van der Waals surface area contributed by atoms with Crippen LogP contribution in [0.5, 0.6) is 0 Å². The number of hydrogen-bond acceptors (Lipinski definition) is 2. The van der Waals surface area contributed by atoms with Gasteiger partial charge in [-0.1, -0.05) is 30.3 Å². The average molecular weight is 281 g/mol. The molecular formula is C15H21ClN2O. The second kappa shape index (κ2) is 6.40. The predicted molar refractivity (Wildman–Crippen MR) is 78.4 cm³/mol. The number of nitrogens with zero attached hydrogens (tertiary/aromatic N) is 1. The monoisotopic (exact) mass is 280 g/mol. The van der Waals surface area contributed by atoms with E-state index in [9.17, 15) is 4.79 Å². The number of benzene rings is 1. The van der Waals surface area contributed by atoms with Gasteiger partial charge in [-0.15, -0.1) is 12.4 Å². The number of hydrogen-bond donors (Lipinski definition) is 1.